The molecule has 0 bridgehead atoms. The Morgan fingerprint density at radius 2 is 1.78 bits per heavy atom. The molecule has 1 heterocycles. The van der Waals surface area contributed by atoms with Crippen LogP contribution in [-0.4, -0.2) is 46.1 Å². The first kappa shape index (κ1) is 22.1. The Morgan fingerprint density at radius 3 is 2.47 bits per heavy atom. The monoisotopic (exact) mass is 450 g/mol. The van der Waals surface area contributed by atoms with E-state index in [1.54, 1.807) is 42.9 Å². The standard InChI is InChI=1S/C24H26N4O3S/c1-27(2)22(30)16-11-13-17(14-12-16)25-21(29)15-32-24-26-20-10-6-5-9-19(20)23(31)28(24)18-7-3-4-8-18/h5-6,9-14,18H,3-4,7-8,15H2,1-2H3,(H,25,29). The van der Waals surface area contributed by atoms with Crippen LogP contribution in [-0.2, 0) is 4.79 Å². The van der Waals surface area contributed by atoms with Gasteiger partial charge in [-0.05, 0) is 49.2 Å². The molecule has 2 aromatic carbocycles. The van der Waals surface area contributed by atoms with Crippen molar-refractivity contribution >= 4 is 40.2 Å². The quantitative estimate of drug-likeness (QED) is 0.454. The van der Waals surface area contributed by atoms with Gasteiger partial charge < -0.3 is 10.2 Å². The van der Waals surface area contributed by atoms with E-state index in [0.29, 0.717) is 27.3 Å². The maximum absolute atomic E-state index is 13.2. The van der Waals surface area contributed by atoms with Gasteiger partial charge >= 0.3 is 0 Å². The molecule has 0 aliphatic heterocycles. The van der Waals surface area contributed by atoms with Gasteiger partial charge in [-0.1, -0.05) is 36.7 Å². The molecule has 0 radical (unpaired) electrons. The fourth-order valence-electron chi connectivity index (χ4n) is 3.99. The van der Waals surface area contributed by atoms with Crippen LogP contribution in [0.3, 0.4) is 0 Å². The molecular weight excluding hydrogens is 424 g/mol. The third-order valence-corrected chi connectivity index (χ3v) is 6.57. The highest BCUT2D eigenvalue weighted by atomic mass is 32.2. The molecule has 1 fully saturated rings. The Hall–Kier alpha value is -3.13. The van der Waals surface area contributed by atoms with E-state index < -0.39 is 0 Å². The zero-order valence-electron chi connectivity index (χ0n) is 18.2. The van der Waals surface area contributed by atoms with E-state index in [4.69, 9.17) is 4.98 Å². The molecule has 1 saturated carbocycles. The van der Waals surface area contributed by atoms with Crippen molar-refractivity contribution in [2.75, 3.05) is 25.2 Å². The van der Waals surface area contributed by atoms with Crippen LogP contribution in [0.15, 0.2) is 58.5 Å². The van der Waals surface area contributed by atoms with Gasteiger partial charge in [0.25, 0.3) is 11.5 Å². The van der Waals surface area contributed by atoms with Gasteiger partial charge in [0.05, 0.1) is 16.7 Å². The second-order valence-corrected chi connectivity index (χ2v) is 9.08. The summed E-state index contributed by atoms with van der Waals surface area (Å²) in [5, 5.41) is 4.05. The number of rotatable bonds is 6. The van der Waals surface area contributed by atoms with Gasteiger partial charge in [0.1, 0.15) is 0 Å². The zero-order chi connectivity index (χ0) is 22.7. The first-order valence-corrected chi connectivity index (χ1v) is 11.7. The Bertz CT molecular complexity index is 1200. The third kappa shape index (κ3) is 4.70. The number of carbonyl (C=O) groups is 2. The minimum atomic E-state index is -0.193. The smallest absolute Gasteiger partial charge is 0.262 e. The fourth-order valence-corrected chi connectivity index (χ4v) is 4.86. The van der Waals surface area contributed by atoms with E-state index in [1.165, 1.54) is 16.7 Å². The summed E-state index contributed by atoms with van der Waals surface area (Å²) in [7, 11) is 3.39. The largest absolute Gasteiger partial charge is 0.345 e. The highest BCUT2D eigenvalue weighted by molar-refractivity contribution is 7.99. The molecule has 7 nitrogen and oxygen atoms in total. The number of aromatic nitrogens is 2. The number of nitrogens with zero attached hydrogens (tertiary/aromatic N) is 3. The number of amides is 2. The van der Waals surface area contributed by atoms with Gasteiger partial charge in [0.15, 0.2) is 5.16 Å². The lowest BCUT2D eigenvalue weighted by Gasteiger charge is -2.18. The lowest BCUT2D eigenvalue weighted by molar-refractivity contribution is -0.113. The fraction of sp³-hybridized carbons (Fsp3) is 0.333. The number of carbonyl (C=O) groups excluding carboxylic acids is 2. The van der Waals surface area contributed by atoms with Crippen molar-refractivity contribution in [3.63, 3.8) is 0 Å². The van der Waals surface area contributed by atoms with Crippen molar-refractivity contribution in [1.82, 2.24) is 14.5 Å². The van der Waals surface area contributed by atoms with E-state index in [2.05, 4.69) is 5.32 Å². The number of anilines is 1. The number of hydrogen-bond donors (Lipinski definition) is 1. The van der Waals surface area contributed by atoms with E-state index in [9.17, 15) is 14.4 Å². The van der Waals surface area contributed by atoms with Gasteiger partial charge in [0, 0.05) is 31.4 Å². The average Bonchev–Trinajstić information content (AvgIpc) is 3.32. The minimum Gasteiger partial charge on any atom is -0.345 e. The maximum Gasteiger partial charge on any atom is 0.262 e. The van der Waals surface area contributed by atoms with Gasteiger partial charge in [0.2, 0.25) is 5.91 Å². The van der Waals surface area contributed by atoms with E-state index in [1.807, 2.05) is 24.3 Å². The van der Waals surface area contributed by atoms with Crippen molar-refractivity contribution in [2.24, 2.45) is 0 Å². The van der Waals surface area contributed by atoms with Crippen molar-refractivity contribution in [1.29, 1.82) is 0 Å². The summed E-state index contributed by atoms with van der Waals surface area (Å²) in [4.78, 5) is 44.0. The van der Waals surface area contributed by atoms with Gasteiger partial charge in [-0.2, -0.15) is 0 Å². The van der Waals surface area contributed by atoms with Crippen molar-refractivity contribution in [3.8, 4) is 0 Å². The number of fused-ring (bicyclic) bond motifs is 1. The molecule has 2 amide bonds. The van der Waals surface area contributed by atoms with Crippen LogP contribution in [0.2, 0.25) is 0 Å². The highest BCUT2D eigenvalue weighted by Gasteiger charge is 2.23. The SMILES string of the molecule is CN(C)C(=O)c1ccc(NC(=O)CSc2nc3ccccc3c(=O)n2C2CCCC2)cc1. The molecule has 1 aliphatic rings. The average molecular weight is 451 g/mol. The molecule has 1 aliphatic carbocycles. The normalized spacial score (nSPS) is 13.9. The van der Waals surface area contributed by atoms with Crippen LogP contribution in [0.1, 0.15) is 42.1 Å². The predicted octanol–water partition coefficient (Wildman–Crippen LogP) is 3.94. The molecule has 0 saturated heterocycles. The Kier molecular flexibility index (Phi) is 6.60. The van der Waals surface area contributed by atoms with Crippen molar-refractivity contribution in [3.05, 3.63) is 64.4 Å². The summed E-state index contributed by atoms with van der Waals surface area (Å²) in [6, 6.07) is 14.3. The third-order valence-electron chi connectivity index (χ3n) is 5.62. The van der Waals surface area contributed by atoms with Crippen LogP contribution < -0.4 is 10.9 Å². The number of hydrogen-bond acceptors (Lipinski definition) is 5. The molecule has 0 atom stereocenters. The molecule has 0 unspecified atom stereocenters. The summed E-state index contributed by atoms with van der Waals surface area (Å²) in [5.74, 6) is -0.150. The van der Waals surface area contributed by atoms with Gasteiger partial charge in [-0.25, -0.2) is 4.98 Å². The summed E-state index contributed by atoms with van der Waals surface area (Å²) in [6.45, 7) is 0. The van der Waals surface area contributed by atoms with Crippen LogP contribution in [0, 0.1) is 0 Å². The van der Waals surface area contributed by atoms with Crippen molar-refractivity contribution in [2.45, 2.75) is 36.9 Å². The molecule has 4 rings (SSSR count). The lowest BCUT2D eigenvalue weighted by Crippen LogP contribution is -2.27. The van der Waals surface area contributed by atoms with Crippen LogP contribution in [0.5, 0.6) is 0 Å². The lowest BCUT2D eigenvalue weighted by atomic mass is 10.2. The van der Waals surface area contributed by atoms with Crippen LogP contribution >= 0.6 is 11.8 Å². The van der Waals surface area contributed by atoms with Gasteiger partial charge in [-0.3, -0.25) is 19.0 Å². The van der Waals surface area contributed by atoms with Gasteiger partial charge in [-0.15, -0.1) is 0 Å². The molecule has 8 heteroatoms. The van der Waals surface area contributed by atoms with Crippen LogP contribution in [0.4, 0.5) is 5.69 Å². The van der Waals surface area contributed by atoms with Crippen molar-refractivity contribution < 1.29 is 9.59 Å². The van der Waals surface area contributed by atoms with E-state index >= 15 is 0 Å². The Morgan fingerprint density at radius 1 is 1.09 bits per heavy atom. The molecule has 1 aromatic heterocycles. The zero-order valence-corrected chi connectivity index (χ0v) is 19.0. The minimum absolute atomic E-state index is 0.0356. The number of benzene rings is 2. The second-order valence-electron chi connectivity index (χ2n) is 8.14. The van der Waals surface area contributed by atoms with Crippen LogP contribution in [0.25, 0.3) is 10.9 Å². The first-order valence-electron chi connectivity index (χ1n) is 10.7. The number of thioether (sulfide) groups is 1. The molecule has 3 aromatic rings. The predicted molar refractivity (Wildman–Crippen MR) is 127 cm³/mol. The topological polar surface area (TPSA) is 84.3 Å². The number of nitrogens with one attached hydrogen (secondary N) is 1. The van der Waals surface area contributed by atoms with E-state index in [0.717, 1.165) is 25.7 Å². The molecule has 166 valence electrons. The molecular formula is C24H26N4O3S. The Balaban J connectivity index is 1.50. The second kappa shape index (κ2) is 9.56. The Labute approximate surface area is 190 Å². The molecule has 32 heavy (non-hydrogen) atoms. The number of para-hydroxylation sites is 1. The maximum atomic E-state index is 13.2. The van der Waals surface area contributed by atoms with E-state index in [-0.39, 0.29) is 29.2 Å². The molecule has 1 N–H and O–H groups in total. The summed E-state index contributed by atoms with van der Waals surface area (Å²) >= 11 is 1.28. The summed E-state index contributed by atoms with van der Waals surface area (Å²) in [6.07, 6.45) is 4.11. The highest BCUT2D eigenvalue weighted by Crippen LogP contribution is 2.32. The molecule has 0 spiro atoms. The first-order chi connectivity index (χ1) is 15.4. The summed E-state index contributed by atoms with van der Waals surface area (Å²) < 4.78 is 1.79. The summed E-state index contributed by atoms with van der Waals surface area (Å²) in [5.41, 5.74) is 1.79.